The number of nitrogens with zero attached hydrogens (tertiary/aromatic N) is 1. The molecular formula is C31H40N2O4. The van der Waals surface area contributed by atoms with Gasteiger partial charge in [-0.25, -0.2) is 0 Å². The molecule has 37 heavy (non-hydrogen) atoms. The lowest BCUT2D eigenvalue weighted by atomic mass is 9.98. The van der Waals surface area contributed by atoms with Crippen molar-refractivity contribution < 1.29 is 18.9 Å². The number of aryl methyl sites for hydroxylation is 1. The number of methoxy groups -OCH3 is 4. The lowest BCUT2D eigenvalue weighted by molar-refractivity contribution is 0.255. The van der Waals surface area contributed by atoms with Crippen molar-refractivity contribution in [2.24, 2.45) is 0 Å². The molecule has 2 aliphatic rings. The first kappa shape index (κ1) is 26.8. The SMILES string of the molecule is COc1cc2c(cc1OC)CN(CCc1ccc(C)cc1)CC2.COc1cc2c(cc1OC)CNCC2. The quantitative estimate of drug-likeness (QED) is 0.491. The number of fused-ring (bicyclic) bond motifs is 2. The number of hydrogen-bond donors (Lipinski definition) is 1. The first-order chi connectivity index (χ1) is 18.0. The number of ether oxygens (including phenoxy) is 4. The number of rotatable bonds is 7. The number of benzene rings is 3. The zero-order valence-corrected chi connectivity index (χ0v) is 22.9. The molecule has 3 aromatic carbocycles. The molecule has 0 unspecified atom stereocenters. The Morgan fingerprint density at radius 1 is 0.703 bits per heavy atom. The molecular weight excluding hydrogens is 464 g/mol. The Hall–Kier alpha value is -3.22. The van der Waals surface area contributed by atoms with Crippen molar-refractivity contribution in [2.75, 3.05) is 48.1 Å². The van der Waals surface area contributed by atoms with Crippen molar-refractivity contribution in [3.05, 3.63) is 81.9 Å². The molecule has 0 spiro atoms. The van der Waals surface area contributed by atoms with Gasteiger partial charge < -0.3 is 24.3 Å². The average molecular weight is 505 g/mol. The second kappa shape index (κ2) is 12.8. The van der Waals surface area contributed by atoms with Crippen molar-refractivity contribution >= 4 is 0 Å². The Morgan fingerprint density at radius 2 is 1.24 bits per heavy atom. The van der Waals surface area contributed by atoms with Crippen LogP contribution in [0.25, 0.3) is 0 Å². The van der Waals surface area contributed by atoms with Crippen LogP contribution in [0, 0.1) is 6.92 Å². The summed E-state index contributed by atoms with van der Waals surface area (Å²) in [4.78, 5) is 2.52. The second-order valence-electron chi connectivity index (χ2n) is 9.64. The van der Waals surface area contributed by atoms with Gasteiger partial charge in [-0.15, -0.1) is 0 Å². The lowest BCUT2D eigenvalue weighted by Gasteiger charge is -2.29. The predicted octanol–water partition coefficient (Wildman–Crippen LogP) is 4.96. The van der Waals surface area contributed by atoms with Crippen LogP contribution in [-0.4, -0.2) is 53.0 Å². The molecule has 5 rings (SSSR count). The molecule has 0 radical (unpaired) electrons. The highest BCUT2D eigenvalue weighted by molar-refractivity contribution is 5.49. The smallest absolute Gasteiger partial charge is 0.161 e. The van der Waals surface area contributed by atoms with Gasteiger partial charge in [-0.3, -0.25) is 4.90 Å². The molecule has 0 saturated heterocycles. The summed E-state index contributed by atoms with van der Waals surface area (Å²) in [7, 11) is 6.73. The summed E-state index contributed by atoms with van der Waals surface area (Å²) < 4.78 is 21.3. The summed E-state index contributed by atoms with van der Waals surface area (Å²) in [5.41, 5.74) is 8.15. The maximum absolute atomic E-state index is 5.43. The third-order valence-corrected chi connectivity index (χ3v) is 7.23. The fraction of sp³-hybridized carbons (Fsp3) is 0.419. The molecule has 6 heteroatoms. The van der Waals surface area contributed by atoms with E-state index in [1.165, 1.54) is 33.4 Å². The van der Waals surface area contributed by atoms with E-state index in [-0.39, 0.29) is 0 Å². The fourth-order valence-electron chi connectivity index (χ4n) is 4.98. The molecule has 198 valence electrons. The third-order valence-electron chi connectivity index (χ3n) is 7.23. The largest absolute Gasteiger partial charge is 0.493 e. The summed E-state index contributed by atoms with van der Waals surface area (Å²) >= 11 is 0. The molecule has 2 heterocycles. The molecule has 0 aliphatic carbocycles. The maximum atomic E-state index is 5.43. The standard InChI is InChI=1S/C20H25NO2.C11H15NO2/c1-15-4-6-16(7-5-15)8-10-21-11-9-17-12-19(22-2)20(23-3)13-18(17)14-21;1-13-10-5-8-3-4-12-7-9(8)6-11(10)14-2/h4-7,12-13H,8-11,14H2,1-3H3;5-6,12H,3-4,7H2,1-2H3. The zero-order chi connectivity index (χ0) is 26.2. The van der Waals surface area contributed by atoms with Crippen LogP contribution in [0.2, 0.25) is 0 Å². The van der Waals surface area contributed by atoms with Crippen molar-refractivity contribution in [1.82, 2.24) is 10.2 Å². The van der Waals surface area contributed by atoms with Gasteiger partial charge in [-0.2, -0.15) is 0 Å². The van der Waals surface area contributed by atoms with E-state index in [0.29, 0.717) is 0 Å². The van der Waals surface area contributed by atoms with Crippen molar-refractivity contribution in [3.63, 3.8) is 0 Å². The van der Waals surface area contributed by atoms with E-state index < -0.39 is 0 Å². The third kappa shape index (κ3) is 6.76. The Bertz CT molecular complexity index is 1130. The van der Waals surface area contributed by atoms with Crippen LogP contribution in [0.1, 0.15) is 33.4 Å². The Kier molecular flexibility index (Phi) is 9.31. The van der Waals surface area contributed by atoms with Gasteiger partial charge in [0.2, 0.25) is 0 Å². The minimum atomic E-state index is 0.815. The van der Waals surface area contributed by atoms with E-state index >= 15 is 0 Å². The topological polar surface area (TPSA) is 52.2 Å². The van der Waals surface area contributed by atoms with Crippen molar-refractivity contribution in [3.8, 4) is 23.0 Å². The molecule has 0 saturated carbocycles. The Labute approximate surface area is 221 Å². The maximum Gasteiger partial charge on any atom is 0.161 e. The van der Waals surface area contributed by atoms with Gasteiger partial charge in [0, 0.05) is 26.2 Å². The Balaban J connectivity index is 0.000000195. The van der Waals surface area contributed by atoms with Gasteiger partial charge in [0.25, 0.3) is 0 Å². The minimum absolute atomic E-state index is 0.815. The van der Waals surface area contributed by atoms with Crippen LogP contribution in [0.5, 0.6) is 23.0 Å². The van der Waals surface area contributed by atoms with Crippen LogP contribution in [-0.2, 0) is 32.4 Å². The van der Waals surface area contributed by atoms with Crippen molar-refractivity contribution in [2.45, 2.75) is 39.3 Å². The highest BCUT2D eigenvalue weighted by atomic mass is 16.5. The number of hydrogen-bond acceptors (Lipinski definition) is 6. The normalized spacial score (nSPS) is 14.5. The molecule has 6 nitrogen and oxygen atoms in total. The summed E-state index contributed by atoms with van der Waals surface area (Å²) in [6.45, 7) is 7.29. The predicted molar refractivity (Wildman–Crippen MR) is 148 cm³/mol. The van der Waals surface area contributed by atoms with Gasteiger partial charge in [-0.05, 0) is 84.8 Å². The van der Waals surface area contributed by atoms with Crippen LogP contribution >= 0.6 is 0 Å². The van der Waals surface area contributed by atoms with Crippen LogP contribution in [0.3, 0.4) is 0 Å². The molecule has 0 aromatic heterocycles. The molecule has 0 fully saturated rings. The summed E-state index contributed by atoms with van der Waals surface area (Å²) in [6, 6.07) is 17.3. The van der Waals surface area contributed by atoms with E-state index in [9.17, 15) is 0 Å². The van der Waals surface area contributed by atoms with E-state index in [1.54, 1.807) is 28.4 Å². The van der Waals surface area contributed by atoms with Crippen LogP contribution in [0.15, 0.2) is 48.5 Å². The summed E-state index contributed by atoms with van der Waals surface area (Å²) in [5.74, 6) is 3.30. The van der Waals surface area contributed by atoms with E-state index in [0.717, 1.165) is 75.0 Å². The molecule has 0 atom stereocenters. The van der Waals surface area contributed by atoms with Crippen LogP contribution < -0.4 is 24.3 Å². The molecule has 2 aliphatic heterocycles. The fourth-order valence-corrected chi connectivity index (χ4v) is 4.98. The van der Waals surface area contributed by atoms with E-state index in [4.69, 9.17) is 18.9 Å². The highest BCUT2D eigenvalue weighted by Gasteiger charge is 2.19. The van der Waals surface area contributed by atoms with Gasteiger partial charge in [0.1, 0.15) is 0 Å². The van der Waals surface area contributed by atoms with Gasteiger partial charge in [0.05, 0.1) is 28.4 Å². The first-order valence-corrected chi connectivity index (χ1v) is 13.0. The van der Waals surface area contributed by atoms with E-state index in [1.807, 2.05) is 0 Å². The van der Waals surface area contributed by atoms with Crippen LogP contribution in [0.4, 0.5) is 0 Å². The Morgan fingerprint density at radius 3 is 1.84 bits per heavy atom. The summed E-state index contributed by atoms with van der Waals surface area (Å²) in [6.07, 6.45) is 3.24. The zero-order valence-electron chi connectivity index (χ0n) is 22.9. The average Bonchev–Trinajstić information content (AvgIpc) is 2.95. The lowest BCUT2D eigenvalue weighted by Crippen LogP contribution is -2.32. The van der Waals surface area contributed by atoms with Gasteiger partial charge >= 0.3 is 0 Å². The number of nitrogens with one attached hydrogen (secondary N) is 1. The summed E-state index contributed by atoms with van der Waals surface area (Å²) in [5, 5.41) is 3.33. The second-order valence-corrected chi connectivity index (χ2v) is 9.64. The first-order valence-electron chi connectivity index (χ1n) is 13.0. The van der Waals surface area contributed by atoms with E-state index in [2.05, 4.69) is 65.7 Å². The van der Waals surface area contributed by atoms with Gasteiger partial charge in [0.15, 0.2) is 23.0 Å². The highest BCUT2D eigenvalue weighted by Crippen LogP contribution is 2.33. The molecule has 1 N–H and O–H groups in total. The molecule has 0 amide bonds. The molecule has 0 bridgehead atoms. The minimum Gasteiger partial charge on any atom is -0.493 e. The molecule has 3 aromatic rings. The monoisotopic (exact) mass is 504 g/mol. The van der Waals surface area contributed by atoms with Gasteiger partial charge in [-0.1, -0.05) is 29.8 Å². The van der Waals surface area contributed by atoms with Crippen molar-refractivity contribution in [1.29, 1.82) is 0 Å².